The number of nitrogens with two attached hydrogens (primary N) is 1. The molecule has 1 heterocycles. The van der Waals surface area contributed by atoms with Gasteiger partial charge in [0.2, 0.25) is 0 Å². The molecular weight excluding hydrogens is 276 g/mol. The van der Waals surface area contributed by atoms with Crippen molar-refractivity contribution in [2.75, 3.05) is 0 Å². The van der Waals surface area contributed by atoms with Gasteiger partial charge in [0.05, 0.1) is 0 Å². The van der Waals surface area contributed by atoms with Gasteiger partial charge in [-0.2, -0.15) is 0 Å². The Hall–Kier alpha value is -1.39. The first-order valence-corrected chi connectivity index (χ1v) is 8.74. The van der Waals surface area contributed by atoms with Crippen LogP contribution in [0.4, 0.5) is 4.79 Å². The Labute approximate surface area is 135 Å². The van der Waals surface area contributed by atoms with E-state index in [-0.39, 0.29) is 0 Å². The second-order valence-electron chi connectivity index (χ2n) is 6.26. The summed E-state index contributed by atoms with van der Waals surface area (Å²) < 4.78 is 0. The van der Waals surface area contributed by atoms with Crippen LogP contribution in [0.15, 0.2) is 9.98 Å². The lowest BCUT2D eigenvalue weighted by Crippen LogP contribution is -2.56. The first-order valence-electron chi connectivity index (χ1n) is 8.74. The van der Waals surface area contributed by atoms with E-state index in [1.54, 1.807) is 4.90 Å². The molecule has 0 aromatic rings. The molecule has 1 aliphatic heterocycles. The standard InChI is InChI=1S/C17H32N4O/c1-5-8-11-14-19-15(12-9-6-2)21(16(18)22)17(4,20-14)13-10-7-3/h5-13H2,1-4H3,(H2,18,22). The number of nitrogens with zero attached hydrogens (tertiary/aromatic N) is 3. The second-order valence-corrected chi connectivity index (χ2v) is 6.26. The molecule has 0 aliphatic carbocycles. The zero-order chi connectivity index (χ0) is 16.6. The predicted octanol–water partition coefficient (Wildman–Crippen LogP) is 4.46. The third-order valence-corrected chi connectivity index (χ3v) is 4.10. The quantitative estimate of drug-likeness (QED) is 0.671. The molecule has 1 unspecified atom stereocenters. The number of urea groups is 1. The molecule has 0 saturated heterocycles. The summed E-state index contributed by atoms with van der Waals surface area (Å²) in [6, 6.07) is -0.438. The van der Waals surface area contributed by atoms with E-state index < -0.39 is 11.7 Å². The molecule has 126 valence electrons. The Bertz CT molecular complexity index is 430. The number of amidine groups is 2. The van der Waals surface area contributed by atoms with Gasteiger partial charge >= 0.3 is 6.03 Å². The zero-order valence-electron chi connectivity index (χ0n) is 14.7. The molecular formula is C17H32N4O. The summed E-state index contributed by atoms with van der Waals surface area (Å²) in [7, 11) is 0. The average Bonchev–Trinajstić information content (AvgIpc) is 2.48. The number of primary amides is 1. The zero-order valence-corrected chi connectivity index (χ0v) is 14.7. The highest BCUT2D eigenvalue weighted by Crippen LogP contribution is 2.30. The second kappa shape index (κ2) is 8.91. The molecule has 0 aromatic heterocycles. The Morgan fingerprint density at radius 2 is 1.68 bits per heavy atom. The van der Waals surface area contributed by atoms with E-state index in [9.17, 15) is 4.79 Å². The van der Waals surface area contributed by atoms with E-state index >= 15 is 0 Å². The minimum absolute atomic E-state index is 0.438. The number of unbranched alkanes of at least 4 members (excludes halogenated alkanes) is 3. The third kappa shape index (κ3) is 4.82. The Morgan fingerprint density at radius 1 is 1.09 bits per heavy atom. The first kappa shape index (κ1) is 18.7. The van der Waals surface area contributed by atoms with Crippen LogP contribution in [0.2, 0.25) is 0 Å². The van der Waals surface area contributed by atoms with E-state index in [2.05, 4.69) is 25.8 Å². The highest BCUT2D eigenvalue weighted by Gasteiger charge is 2.39. The van der Waals surface area contributed by atoms with Crippen molar-refractivity contribution in [2.45, 2.75) is 91.1 Å². The Morgan fingerprint density at radius 3 is 2.23 bits per heavy atom. The number of carbonyl (C=O) groups excluding carboxylic acids is 1. The molecule has 0 bridgehead atoms. The summed E-state index contributed by atoms with van der Waals surface area (Å²) in [5.74, 6) is 1.68. The van der Waals surface area contributed by atoms with Gasteiger partial charge < -0.3 is 5.73 Å². The molecule has 22 heavy (non-hydrogen) atoms. The summed E-state index contributed by atoms with van der Waals surface area (Å²) in [6.07, 6.45) is 8.84. The van der Waals surface area contributed by atoms with Crippen molar-refractivity contribution in [3.63, 3.8) is 0 Å². The summed E-state index contributed by atoms with van der Waals surface area (Å²) in [4.78, 5) is 23.1. The van der Waals surface area contributed by atoms with Crippen molar-refractivity contribution in [3.8, 4) is 0 Å². The van der Waals surface area contributed by atoms with Crippen LogP contribution in [-0.2, 0) is 0 Å². The van der Waals surface area contributed by atoms with E-state index in [0.717, 1.165) is 69.5 Å². The lowest BCUT2D eigenvalue weighted by molar-refractivity contribution is 0.175. The van der Waals surface area contributed by atoms with Crippen LogP contribution in [0.5, 0.6) is 0 Å². The number of aliphatic imine (C=N–C) groups is 2. The summed E-state index contributed by atoms with van der Waals surface area (Å²) in [6.45, 7) is 8.46. The summed E-state index contributed by atoms with van der Waals surface area (Å²) in [5.41, 5.74) is 5.09. The minimum Gasteiger partial charge on any atom is -0.351 e. The van der Waals surface area contributed by atoms with E-state index in [4.69, 9.17) is 10.7 Å². The van der Waals surface area contributed by atoms with Crippen molar-refractivity contribution < 1.29 is 4.79 Å². The summed E-state index contributed by atoms with van der Waals surface area (Å²) >= 11 is 0. The van der Waals surface area contributed by atoms with Crippen molar-refractivity contribution in [1.82, 2.24) is 4.90 Å². The van der Waals surface area contributed by atoms with Crippen molar-refractivity contribution >= 4 is 17.7 Å². The highest BCUT2D eigenvalue weighted by atomic mass is 16.2. The van der Waals surface area contributed by atoms with Crippen LogP contribution in [0, 0.1) is 0 Å². The average molecular weight is 308 g/mol. The normalized spacial score (nSPS) is 21.5. The molecule has 5 nitrogen and oxygen atoms in total. The maximum atomic E-state index is 12.0. The predicted molar refractivity (Wildman–Crippen MR) is 93.3 cm³/mol. The lowest BCUT2D eigenvalue weighted by Gasteiger charge is -2.40. The van der Waals surface area contributed by atoms with Gasteiger partial charge in [0.15, 0.2) is 0 Å². The smallest absolute Gasteiger partial charge is 0.322 e. The first-order chi connectivity index (χ1) is 10.5. The van der Waals surface area contributed by atoms with Gasteiger partial charge in [-0.3, -0.25) is 4.90 Å². The fourth-order valence-corrected chi connectivity index (χ4v) is 2.82. The van der Waals surface area contributed by atoms with Gasteiger partial charge in [0.1, 0.15) is 17.3 Å². The van der Waals surface area contributed by atoms with Gasteiger partial charge in [0, 0.05) is 12.8 Å². The third-order valence-electron chi connectivity index (χ3n) is 4.10. The molecule has 0 radical (unpaired) electrons. The maximum absolute atomic E-state index is 12.0. The van der Waals surface area contributed by atoms with Crippen LogP contribution in [0.1, 0.15) is 85.5 Å². The van der Waals surface area contributed by atoms with E-state index in [1.165, 1.54) is 0 Å². The van der Waals surface area contributed by atoms with Crippen molar-refractivity contribution in [1.29, 1.82) is 0 Å². The molecule has 2 amide bonds. The maximum Gasteiger partial charge on any atom is 0.322 e. The Kier molecular flexibility index (Phi) is 7.56. The van der Waals surface area contributed by atoms with Crippen molar-refractivity contribution in [3.05, 3.63) is 0 Å². The molecule has 5 heteroatoms. The molecule has 2 N–H and O–H groups in total. The van der Waals surface area contributed by atoms with Gasteiger partial charge in [0.25, 0.3) is 0 Å². The van der Waals surface area contributed by atoms with Crippen LogP contribution in [0.25, 0.3) is 0 Å². The molecule has 0 aromatic carbocycles. The summed E-state index contributed by atoms with van der Waals surface area (Å²) in [5, 5.41) is 0. The van der Waals surface area contributed by atoms with E-state index in [0.29, 0.717) is 0 Å². The van der Waals surface area contributed by atoms with Crippen LogP contribution in [0.3, 0.4) is 0 Å². The number of carbonyl (C=O) groups is 1. The number of amides is 2. The minimum atomic E-state index is -0.574. The van der Waals surface area contributed by atoms with Crippen LogP contribution in [-0.4, -0.2) is 28.3 Å². The number of hydrogen-bond donors (Lipinski definition) is 1. The highest BCUT2D eigenvalue weighted by molar-refractivity contribution is 6.06. The fraction of sp³-hybridized carbons (Fsp3) is 0.824. The fourth-order valence-electron chi connectivity index (χ4n) is 2.82. The molecule has 0 fully saturated rings. The SMILES string of the molecule is CCCCC1=NC(C)(CCCC)N(C(N)=O)C(CCCC)=N1. The lowest BCUT2D eigenvalue weighted by atomic mass is 10.0. The molecule has 1 rings (SSSR count). The number of rotatable bonds is 9. The molecule has 1 aliphatic rings. The van der Waals surface area contributed by atoms with Gasteiger partial charge in [-0.15, -0.1) is 0 Å². The van der Waals surface area contributed by atoms with Gasteiger partial charge in [-0.05, 0) is 32.6 Å². The van der Waals surface area contributed by atoms with Crippen LogP contribution >= 0.6 is 0 Å². The Balaban J connectivity index is 3.11. The van der Waals surface area contributed by atoms with Crippen molar-refractivity contribution in [2.24, 2.45) is 15.7 Å². The van der Waals surface area contributed by atoms with E-state index in [1.807, 2.05) is 6.92 Å². The molecule has 1 atom stereocenters. The largest absolute Gasteiger partial charge is 0.351 e. The van der Waals surface area contributed by atoms with Gasteiger partial charge in [-0.1, -0.05) is 40.0 Å². The number of hydrogen-bond acceptors (Lipinski definition) is 3. The molecule has 0 spiro atoms. The van der Waals surface area contributed by atoms with Gasteiger partial charge in [-0.25, -0.2) is 14.8 Å². The molecule has 0 saturated carbocycles. The monoisotopic (exact) mass is 308 g/mol. The topological polar surface area (TPSA) is 71.0 Å². The van der Waals surface area contributed by atoms with Crippen LogP contribution < -0.4 is 5.73 Å².